The van der Waals surface area contributed by atoms with Crippen molar-refractivity contribution >= 4 is 35.0 Å². The van der Waals surface area contributed by atoms with E-state index >= 15 is 0 Å². The molecule has 162 valence electrons. The van der Waals surface area contributed by atoms with Gasteiger partial charge >= 0.3 is 0 Å². The lowest BCUT2D eigenvalue weighted by molar-refractivity contribution is -0.112. The van der Waals surface area contributed by atoms with Crippen molar-refractivity contribution in [2.24, 2.45) is 0 Å². The number of carbonyl (C=O) groups is 2. The number of nitrogens with zero attached hydrogens (tertiary/aromatic N) is 2. The maximum absolute atomic E-state index is 14.0. The van der Waals surface area contributed by atoms with E-state index in [0.717, 1.165) is 5.75 Å². The van der Waals surface area contributed by atoms with Crippen LogP contribution in [0.5, 0.6) is 0 Å². The van der Waals surface area contributed by atoms with Gasteiger partial charge in [-0.1, -0.05) is 12.1 Å². The molecular weight excluding hydrogens is 417 g/mol. The van der Waals surface area contributed by atoms with Gasteiger partial charge < -0.3 is 19.9 Å². The van der Waals surface area contributed by atoms with E-state index in [1.54, 1.807) is 48.2 Å². The summed E-state index contributed by atoms with van der Waals surface area (Å²) in [6.45, 7) is 4.60. The Balaban J connectivity index is 1.35. The van der Waals surface area contributed by atoms with E-state index in [4.69, 9.17) is 4.74 Å². The van der Waals surface area contributed by atoms with Gasteiger partial charge in [0.25, 0.3) is 11.8 Å². The number of rotatable bonds is 4. The maximum atomic E-state index is 14.0. The van der Waals surface area contributed by atoms with Crippen molar-refractivity contribution in [2.75, 3.05) is 48.8 Å². The molecule has 2 aromatic carbocycles. The molecule has 0 aromatic heterocycles. The van der Waals surface area contributed by atoms with Crippen LogP contribution >= 0.6 is 11.8 Å². The van der Waals surface area contributed by atoms with Gasteiger partial charge in [-0.3, -0.25) is 9.59 Å². The van der Waals surface area contributed by atoms with Crippen LogP contribution in [-0.2, 0) is 9.53 Å². The Labute approximate surface area is 185 Å². The van der Waals surface area contributed by atoms with Gasteiger partial charge in [0.15, 0.2) is 0 Å². The Morgan fingerprint density at radius 3 is 2.42 bits per heavy atom. The van der Waals surface area contributed by atoms with Gasteiger partial charge in [-0.2, -0.15) is 0 Å². The molecule has 0 spiro atoms. The standard InChI is InChI=1S/C23H24FN3O3S/c1-16-21(31-15-14-30-16)22(28)25-18-8-6-17(7-9-18)23(29)27-12-10-26(11-13-27)20-5-3-2-4-19(20)24/h2-9H,10-15H2,1H3,(H,25,28). The highest BCUT2D eigenvalue weighted by Crippen LogP contribution is 2.27. The van der Waals surface area contributed by atoms with Gasteiger partial charge in [-0.05, 0) is 43.3 Å². The van der Waals surface area contributed by atoms with E-state index in [2.05, 4.69) is 5.32 Å². The van der Waals surface area contributed by atoms with E-state index in [0.29, 0.717) is 60.4 Å². The SMILES string of the molecule is CC1=C(C(=O)Nc2ccc(C(=O)N3CCN(c4ccccc4F)CC3)cc2)SCCO1. The third-order valence-electron chi connectivity index (χ3n) is 5.32. The number of thioether (sulfide) groups is 1. The van der Waals surface area contributed by atoms with Gasteiger partial charge in [0.1, 0.15) is 16.5 Å². The topological polar surface area (TPSA) is 61.9 Å². The van der Waals surface area contributed by atoms with Gasteiger partial charge in [0, 0.05) is 43.2 Å². The number of carbonyl (C=O) groups excluding carboxylic acids is 2. The molecule has 1 N–H and O–H groups in total. The van der Waals surface area contributed by atoms with Crippen LogP contribution in [0.25, 0.3) is 0 Å². The number of hydrogen-bond acceptors (Lipinski definition) is 5. The van der Waals surface area contributed by atoms with Gasteiger partial charge in [0.2, 0.25) is 0 Å². The molecule has 2 aliphatic rings. The first-order valence-electron chi connectivity index (χ1n) is 10.2. The predicted octanol–water partition coefficient (Wildman–Crippen LogP) is 3.72. The van der Waals surface area contributed by atoms with Gasteiger partial charge in [0.05, 0.1) is 12.3 Å². The van der Waals surface area contributed by atoms with Crippen molar-refractivity contribution in [1.29, 1.82) is 0 Å². The fourth-order valence-electron chi connectivity index (χ4n) is 3.66. The second kappa shape index (κ2) is 9.43. The molecule has 2 aromatic rings. The van der Waals surface area contributed by atoms with Crippen molar-refractivity contribution < 1.29 is 18.7 Å². The number of nitrogens with one attached hydrogen (secondary N) is 1. The number of benzene rings is 2. The van der Waals surface area contributed by atoms with Crippen LogP contribution in [0.3, 0.4) is 0 Å². The quantitative estimate of drug-likeness (QED) is 0.784. The summed E-state index contributed by atoms with van der Waals surface area (Å²) >= 11 is 1.48. The van der Waals surface area contributed by atoms with Crippen LogP contribution in [0.1, 0.15) is 17.3 Å². The number of piperazine rings is 1. The van der Waals surface area contributed by atoms with Gasteiger partial charge in [-0.25, -0.2) is 4.39 Å². The van der Waals surface area contributed by atoms with E-state index < -0.39 is 0 Å². The lowest BCUT2D eigenvalue weighted by atomic mass is 10.1. The Morgan fingerprint density at radius 1 is 1.03 bits per heavy atom. The average molecular weight is 442 g/mol. The summed E-state index contributed by atoms with van der Waals surface area (Å²) in [6.07, 6.45) is 0. The number of para-hydroxylation sites is 1. The van der Waals surface area contributed by atoms with Crippen molar-refractivity contribution in [3.05, 3.63) is 70.6 Å². The monoisotopic (exact) mass is 441 g/mol. The highest BCUT2D eigenvalue weighted by atomic mass is 32.2. The Kier molecular flexibility index (Phi) is 6.46. The minimum Gasteiger partial charge on any atom is -0.496 e. The smallest absolute Gasteiger partial charge is 0.265 e. The van der Waals surface area contributed by atoms with E-state index in [-0.39, 0.29) is 17.6 Å². The number of anilines is 2. The number of ether oxygens (including phenoxy) is 1. The van der Waals surface area contributed by atoms with Crippen molar-refractivity contribution in [3.8, 4) is 0 Å². The van der Waals surface area contributed by atoms with Crippen LogP contribution in [0, 0.1) is 5.82 Å². The van der Waals surface area contributed by atoms with E-state index in [9.17, 15) is 14.0 Å². The van der Waals surface area contributed by atoms with Crippen LogP contribution < -0.4 is 10.2 Å². The fourth-order valence-corrected chi connectivity index (χ4v) is 4.47. The molecule has 31 heavy (non-hydrogen) atoms. The molecule has 2 amide bonds. The van der Waals surface area contributed by atoms with Crippen molar-refractivity contribution in [1.82, 2.24) is 4.90 Å². The highest BCUT2D eigenvalue weighted by molar-refractivity contribution is 8.04. The summed E-state index contributed by atoms with van der Waals surface area (Å²) in [4.78, 5) is 29.6. The second-order valence-corrected chi connectivity index (χ2v) is 8.45. The molecule has 0 bridgehead atoms. The molecular formula is C23H24FN3O3S. The second-order valence-electron chi connectivity index (χ2n) is 7.34. The Bertz CT molecular complexity index is 1000. The zero-order valence-corrected chi connectivity index (χ0v) is 18.1. The number of halogens is 1. The van der Waals surface area contributed by atoms with Crippen LogP contribution in [-0.4, -0.2) is 55.3 Å². The van der Waals surface area contributed by atoms with Crippen molar-refractivity contribution in [3.63, 3.8) is 0 Å². The molecule has 8 heteroatoms. The normalized spacial score (nSPS) is 16.7. The summed E-state index contributed by atoms with van der Waals surface area (Å²) in [5.41, 5.74) is 1.75. The number of amides is 2. The molecule has 0 aliphatic carbocycles. The first-order chi connectivity index (χ1) is 15.0. The lowest BCUT2D eigenvalue weighted by Gasteiger charge is -2.36. The minimum atomic E-state index is -0.246. The summed E-state index contributed by atoms with van der Waals surface area (Å²) in [6, 6.07) is 13.6. The molecule has 0 radical (unpaired) electrons. The molecule has 6 nitrogen and oxygen atoms in total. The first-order valence-corrected chi connectivity index (χ1v) is 11.2. The zero-order valence-electron chi connectivity index (χ0n) is 17.3. The molecule has 0 atom stereocenters. The van der Waals surface area contributed by atoms with Crippen LogP contribution in [0.4, 0.5) is 15.8 Å². The fraction of sp³-hybridized carbons (Fsp3) is 0.304. The third kappa shape index (κ3) is 4.85. The lowest BCUT2D eigenvalue weighted by Crippen LogP contribution is -2.49. The molecule has 0 unspecified atom stereocenters. The average Bonchev–Trinajstić information content (AvgIpc) is 2.80. The molecule has 2 heterocycles. The zero-order chi connectivity index (χ0) is 21.8. The number of allylic oxidation sites excluding steroid dienone is 1. The summed E-state index contributed by atoms with van der Waals surface area (Å²) in [5.74, 6) is 0.864. The third-order valence-corrected chi connectivity index (χ3v) is 6.46. The molecule has 4 rings (SSSR count). The Hall–Kier alpha value is -3.00. The molecule has 1 fully saturated rings. The Morgan fingerprint density at radius 2 is 1.74 bits per heavy atom. The number of hydrogen-bond donors (Lipinski definition) is 1. The highest BCUT2D eigenvalue weighted by Gasteiger charge is 2.24. The van der Waals surface area contributed by atoms with E-state index in [1.165, 1.54) is 17.8 Å². The molecule has 1 saturated heterocycles. The largest absolute Gasteiger partial charge is 0.496 e. The van der Waals surface area contributed by atoms with Crippen LogP contribution in [0.15, 0.2) is 59.2 Å². The summed E-state index contributed by atoms with van der Waals surface area (Å²) in [7, 11) is 0. The molecule has 2 aliphatic heterocycles. The van der Waals surface area contributed by atoms with E-state index in [1.807, 2.05) is 11.0 Å². The summed E-state index contributed by atoms with van der Waals surface area (Å²) in [5, 5.41) is 2.85. The maximum Gasteiger partial charge on any atom is 0.265 e. The van der Waals surface area contributed by atoms with Crippen LogP contribution in [0.2, 0.25) is 0 Å². The predicted molar refractivity (Wildman–Crippen MR) is 121 cm³/mol. The summed E-state index contributed by atoms with van der Waals surface area (Å²) < 4.78 is 19.4. The first kappa shape index (κ1) is 21.2. The van der Waals surface area contributed by atoms with Gasteiger partial charge in [-0.15, -0.1) is 11.8 Å². The van der Waals surface area contributed by atoms with Crippen molar-refractivity contribution in [2.45, 2.75) is 6.92 Å². The minimum absolute atomic E-state index is 0.0687. The molecule has 0 saturated carbocycles.